The highest BCUT2D eigenvalue weighted by Gasteiger charge is 2.23. The Hall–Kier alpha value is -2.34. The van der Waals surface area contributed by atoms with E-state index in [1.807, 2.05) is 30.3 Å². The topological polar surface area (TPSA) is 76.0 Å². The summed E-state index contributed by atoms with van der Waals surface area (Å²) in [6.07, 6.45) is 0. The van der Waals surface area contributed by atoms with Crippen molar-refractivity contribution in [3.63, 3.8) is 0 Å². The molecule has 2 rings (SSSR count). The number of phenolic OH excluding ortho intramolecular Hbond substituents is 2. The first-order valence-electron chi connectivity index (χ1n) is 6.02. The zero-order chi connectivity index (χ0) is 15.4. The lowest BCUT2D eigenvalue weighted by Gasteiger charge is -2.13. The molecular weight excluding hydrogens is 292 g/mol. The van der Waals surface area contributed by atoms with Gasteiger partial charge in [0.05, 0.1) is 24.7 Å². The van der Waals surface area contributed by atoms with Crippen molar-refractivity contribution in [2.24, 2.45) is 0 Å². The third-order valence-corrected chi connectivity index (χ3v) is 3.91. The second-order valence-electron chi connectivity index (χ2n) is 4.06. The molecule has 0 aliphatic rings. The predicted molar refractivity (Wildman–Crippen MR) is 78.2 cm³/mol. The molecule has 0 atom stereocenters. The maximum absolute atomic E-state index is 11.9. The van der Waals surface area contributed by atoms with Crippen molar-refractivity contribution in [1.82, 2.24) is 0 Å². The minimum Gasteiger partial charge on any atom is -0.503 e. The van der Waals surface area contributed by atoms with E-state index in [0.717, 1.165) is 16.7 Å². The molecule has 0 aliphatic heterocycles. The molecule has 0 radical (unpaired) electrons. The lowest BCUT2D eigenvalue weighted by molar-refractivity contribution is 0.0595. The van der Waals surface area contributed by atoms with Gasteiger partial charge in [0.2, 0.25) is 5.75 Å². The molecule has 0 aromatic heterocycles. The summed E-state index contributed by atoms with van der Waals surface area (Å²) in [5.41, 5.74) is 0.124. The van der Waals surface area contributed by atoms with E-state index in [2.05, 4.69) is 0 Å². The molecule has 2 aromatic rings. The number of ether oxygens (including phenoxy) is 2. The van der Waals surface area contributed by atoms with Gasteiger partial charge in [0.25, 0.3) is 0 Å². The second kappa shape index (κ2) is 6.41. The number of esters is 1. The fraction of sp³-hybridized carbons (Fsp3) is 0.133. The van der Waals surface area contributed by atoms with Crippen molar-refractivity contribution >= 4 is 17.7 Å². The predicted octanol–water partition coefficient (Wildman–Crippen LogP) is 3.04. The quantitative estimate of drug-likeness (QED) is 0.668. The number of aromatic hydroxyl groups is 2. The molecule has 0 aliphatic carbocycles. The molecule has 0 bridgehead atoms. The highest BCUT2D eigenvalue weighted by atomic mass is 32.2. The molecule has 0 unspecified atom stereocenters. The molecule has 5 nitrogen and oxygen atoms in total. The van der Waals surface area contributed by atoms with Gasteiger partial charge in [-0.2, -0.15) is 0 Å². The second-order valence-corrected chi connectivity index (χ2v) is 5.14. The van der Waals surface area contributed by atoms with Crippen LogP contribution < -0.4 is 4.74 Å². The van der Waals surface area contributed by atoms with E-state index in [-0.39, 0.29) is 16.2 Å². The van der Waals surface area contributed by atoms with Gasteiger partial charge in [-0.15, -0.1) is 0 Å². The number of methoxy groups -OCH3 is 2. The van der Waals surface area contributed by atoms with E-state index >= 15 is 0 Å². The summed E-state index contributed by atoms with van der Waals surface area (Å²) in [7, 11) is 2.58. The minimum absolute atomic E-state index is 0.00492. The van der Waals surface area contributed by atoms with Gasteiger partial charge in [-0.25, -0.2) is 4.79 Å². The first kappa shape index (κ1) is 15.1. The fourth-order valence-electron chi connectivity index (χ4n) is 1.74. The van der Waals surface area contributed by atoms with Crippen molar-refractivity contribution in [3.8, 4) is 17.2 Å². The minimum atomic E-state index is -0.623. The number of rotatable bonds is 4. The number of hydrogen-bond donors (Lipinski definition) is 2. The number of benzene rings is 2. The molecule has 0 saturated carbocycles. The van der Waals surface area contributed by atoms with Crippen LogP contribution in [0.2, 0.25) is 0 Å². The highest BCUT2D eigenvalue weighted by Crippen LogP contribution is 2.47. The summed E-state index contributed by atoms with van der Waals surface area (Å²) in [4.78, 5) is 12.9. The molecule has 21 heavy (non-hydrogen) atoms. The summed E-state index contributed by atoms with van der Waals surface area (Å²) in [6, 6.07) is 10.5. The Morgan fingerprint density at radius 3 is 2.33 bits per heavy atom. The molecule has 110 valence electrons. The van der Waals surface area contributed by atoms with Crippen molar-refractivity contribution < 1.29 is 24.5 Å². The third kappa shape index (κ3) is 3.05. The average molecular weight is 306 g/mol. The Morgan fingerprint density at radius 1 is 1.10 bits per heavy atom. The van der Waals surface area contributed by atoms with Crippen LogP contribution in [0.15, 0.2) is 46.2 Å². The van der Waals surface area contributed by atoms with Crippen molar-refractivity contribution in [2.75, 3.05) is 14.2 Å². The monoisotopic (exact) mass is 306 g/mol. The lowest BCUT2D eigenvalue weighted by atomic mass is 10.2. The SMILES string of the molecule is COC(=O)c1cc(OC)c(O)c(O)c1Sc1ccccc1. The van der Waals surface area contributed by atoms with E-state index in [1.165, 1.54) is 20.3 Å². The molecule has 0 heterocycles. The smallest absolute Gasteiger partial charge is 0.339 e. The Balaban J connectivity index is 2.57. The average Bonchev–Trinajstić information content (AvgIpc) is 2.52. The molecule has 0 amide bonds. The lowest BCUT2D eigenvalue weighted by Crippen LogP contribution is -2.04. The van der Waals surface area contributed by atoms with E-state index in [1.54, 1.807) is 0 Å². The van der Waals surface area contributed by atoms with Gasteiger partial charge in [-0.05, 0) is 18.2 Å². The van der Waals surface area contributed by atoms with Crippen LogP contribution in [-0.2, 0) is 4.74 Å². The summed E-state index contributed by atoms with van der Waals surface area (Å²) in [5, 5.41) is 20.0. The Morgan fingerprint density at radius 2 is 1.76 bits per heavy atom. The van der Waals surface area contributed by atoms with Crippen LogP contribution in [0.3, 0.4) is 0 Å². The van der Waals surface area contributed by atoms with E-state index in [0.29, 0.717) is 0 Å². The van der Waals surface area contributed by atoms with Gasteiger partial charge in [0, 0.05) is 4.90 Å². The van der Waals surface area contributed by atoms with Gasteiger partial charge >= 0.3 is 5.97 Å². The van der Waals surface area contributed by atoms with Crippen LogP contribution in [0.25, 0.3) is 0 Å². The largest absolute Gasteiger partial charge is 0.503 e. The Bertz CT molecular complexity index is 655. The zero-order valence-electron chi connectivity index (χ0n) is 11.5. The van der Waals surface area contributed by atoms with Crippen LogP contribution >= 0.6 is 11.8 Å². The maximum atomic E-state index is 11.9. The van der Waals surface area contributed by atoms with Crippen molar-refractivity contribution in [2.45, 2.75) is 9.79 Å². The number of carbonyl (C=O) groups is 1. The summed E-state index contributed by atoms with van der Waals surface area (Å²) < 4.78 is 9.65. The van der Waals surface area contributed by atoms with Crippen LogP contribution in [-0.4, -0.2) is 30.4 Å². The Labute approximate surface area is 126 Å². The fourth-order valence-corrected chi connectivity index (χ4v) is 2.72. The summed E-state index contributed by atoms with van der Waals surface area (Å²) in [5.74, 6) is -1.44. The van der Waals surface area contributed by atoms with E-state index in [4.69, 9.17) is 9.47 Å². The molecule has 0 saturated heterocycles. The third-order valence-electron chi connectivity index (χ3n) is 2.78. The molecule has 0 fully saturated rings. The van der Waals surface area contributed by atoms with Gasteiger partial charge in [-0.3, -0.25) is 0 Å². The summed E-state index contributed by atoms with van der Waals surface area (Å²) >= 11 is 1.15. The molecule has 2 aromatic carbocycles. The van der Waals surface area contributed by atoms with Crippen molar-refractivity contribution in [1.29, 1.82) is 0 Å². The molecule has 0 spiro atoms. The van der Waals surface area contributed by atoms with Gasteiger partial charge in [0.15, 0.2) is 11.5 Å². The number of hydrogen-bond acceptors (Lipinski definition) is 6. The molecule has 2 N–H and O–H groups in total. The first-order chi connectivity index (χ1) is 10.1. The van der Waals surface area contributed by atoms with Crippen LogP contribution in [0, 0.1) is 0 Å². The van der Waals surface area contributed by atoms with E-state index in [9.17, 15) is 15.0 Å². The standard InChI is InChI=1S/C15H14O5S/c1-19-11-8-10(15(18)20-2)14(13(17)12(11)16)21-9-6-4-3-5-7-9/h3-8,16-17H,1-2H3. The highest BCUT2D eigenvalue weighted by molar-refractivity contribution is 7.99. The van der Waals surface area contributed by atoms with Crippen LogP contribution in [0.1, 0.15) is 10.4 Å². The van der Waals surface area contributed by atoms with Crippen LogP contribution in [0.4, 0.5) is 0 Å². The maximum Gasteiger partial charge on any atom is 0.339 e. The summed E-state index contributed by atoms with van der Waals surface area (Å²) in [6.45, 7) is 0. The number of phenols is 2. The zero-order valence-corrected chi connectivity index (χ0v) is 12.3. The number of carbonyl (C=O) groups excluding carboxylic acids is 1. The van der Waals surface area contributed by atoms with E-state index < -0.39 is 17.5 Å². The van der Waals surface area contributed by atoms with Crippen molar-refractivity contribution in [3.05, 3.63) is 42.0 Å². The van der Waals surface area contributed by atoms with Gasteiger partial charge in [-0.1, -0.05) is 30.0 Å². The first-order valence-corrected chi connectivity index (χ1v) is 6.84. The Kier molecular flexibility index (Phi) is 4.59. The van der Waals surface area contributed by atoms with Gasteiger partial charge in [0.1, 0.15) is 0 Å². The molecular formula is C15H14O5S. The van der Waals surface area contributed by atoms with Gasteiger partial charge < -0.3 is 19.7 Å². The van der Waals surface area contributed by atoms with Crippen LogP contribution in [0.5, 0.6) is 17.2 Å². The molecule has 6 heteroatoms. The normalized spacial score (nSPS) is 10.2.